The molecule has 1 saturated carbocycles. The van der Waals surface area contributed by atoms with Crippen LogP contribution in [0.25, 0.3) is 0 Å². The number of hydrogen-bond donors (Lipinski definition) is 0. The molecule has 1 aromatic carbocycles. The van der Waals surface area contributed by atoms with Crippen LogP contribution in [0, 0.1) is 17.2 Å². The summed E-state index contributed by atoms with van der Waals surface area (Å²) < 4.78 is 13.1. The summed E-state index contributed by atoms with van der Waals surface area (Å²) in [5.74, 6) is 0.212. The van der Waals surface area contributed by atoms with Crippen LogP contribution in [0.1, 0.15) is 81.8 Å². The van der Waals surface area contributed by atoms with Gasteiger partial charge in [0.1, 0.15) is 6.07 Å². The molecular weight excluding hydrogens is 297 g/mol. The Hall–Kier alpha value is -1.62. The molecule has 2 rings (SSSR count). The lowest BCUT2D eigenvalue weighted by atomic mass is 9.78. The van der Waals surface area contributed by atoms with Crippen LogP contribution in [-0.4, -0.2) is 0 Å². The zero-order valence-electron chi connectivity index (χ0n) is 14.9. The minimum absolute atomic E-state index is 0.239. The molecule has 0 aromatic heterocycles. The Bertz CT molecular complexity index is 544. The molecule has 1 aliphatic carbocycles. The van der Waals surface area contributed by atoms with Crippen molar-refractivity contribution < 1.29 is 4.39 Å². The van der Waals surface area contributed by atoms with E-state index < -0.39 is 5.83 Å². The highest BCUT2D eigenvalue weighted by Gasteiger charge is 2.21. The Kier molecular flexibility index (Phi) is 8.02. The van der Waals surface area contributed by atoms with Gasteiger partial charge in [0, 0.05) is 0 Å². The van der Waals surface area contributed by atoms with E-state index in [1.807, 2.05) is 0 Å². The summed E-state index contributed by atoms with van der Waals surface area (Å²) in [5, 5.41) is 8.53. The zero-order chi connectivity index (χ0) is 17.2. The highest BCUT2D eigenvalue weighted by atomic mass is 19.1. The number of aryl methyl sites for hydroxylation is 1. The van der Waals surface area contributed by atoms with E-state index in [2.05, 4.69) is 31.2 Å². The van der Waals surface area contributed by atoms with Crippen molar-refractivity contribution in [3.05, 3.63) is 47.3 Å². The molecule has 130 valence electrons. The van der Waals surface area contributed by atoms with Crippen LogP contribution in [0.2, 0.25) is 0 Å². The zero-order valence-corrected chi connectivity index (χ0v) is 14.9. The number of unbranched alkanes of at least 4 members (excludes halogenated alkanes) is 4. The molecule has 1 aliphatic rings. The molecule has 0 N–H and O–H groups in total. The van der Waals surface area contributed by atoms with E-state index in [0.29, 0.717) is 5.92 Å². The first-order chi connectivity index (χ1) is 11.7. The van der Waals surface area contributed by atoms with Crippen molar-refractivity contribution >= 4 is 0 Å². The lowest BCUT2D eigenvalue weighted by Crippen LogP contribution is -2.12. The number of nitriles is 1. The van der Waals surface area contributed by atoms with Crippen molar-refractivity contribution in [1.29, 1.82) is 5.26 Å². The van der Waals surface area contributed by atoms with E-state index in [1.54, 1.807) is 6.07 Å². The third-order valence-corrected chi connectivity index (χ3v) is 5.28. The van der Waals surface area contributed by atoms with Gasteiger partial charge in [0.2, 0.25) is 0 Å². The molecule has 1 fully saturated rings. The van der Waals surface area contributed by atoms with Crippen LogP contribution in [-0.2, 0) is 6.42 Å². The van der Waals surface area contributed by atoms with E-state index in [0.717, 1.165) is 25.7 Å². The standard InChI is InChI=1S/C22H30FN/c1-2-3-4-5-6-7-18-8-12-20(13-9-18)21-14-10-19(11-15-21)16-22(23)17-24/h8-9,12-13,16,19,21H,2-7,10-11,14-15H2,1H3/b22-16+. The van der Waals surface area contributed by atoms with E-state index >= 15 is 0 Å². The predicted molar refractivity (Wildman–Crippen MR) is 98.4 cm³/mol. The normalized spacial score (nSPS) is 21.5. The number of benzene rings is 1. The second-order valence-electron chi connectivity index (χ2n) is 7.14. The number of allylic oxidation sites excluding steroid dienone is 2. The van der Waals surface area contributed by atoms with Gasteiger partial charge in [-0.25, -0.2) is 0 Å². The van der Waals surface area contributed by atoms with Gasteiger partial charge in [-0.2, -0.15) is 9.65 Å². The summed E-state index contributed by atoms with van der Waals surface area (Å²) in [6.45, 7) is 2.25. The first-order valence-corrected chi connectivity index (χ1v) is 9.59. The van der Waals surface area contributed by atoms with Gasteiger partial charge >= 0.3 is 0 Å². The van der Waals surface area contributed by atoms with Crippen molar-refractivity contribution in [2.45, 2.75) is 77.0 Å². The molecule has 0 unspecified atom stereocenters. The smallest absolute Gasteiger partial charge is 0.195 e. The van der Waals surface area contributed by atoms with Gasteiger partial charge in [-0.3, -0.25) is 0 Å². The Labute approximate surface area is 146 Å². The van der Waals surface area contributed by atoms with Crippen LogP contribution in [0.4, 0.5) is 4.39 Å². The number of rotatable bonds is 8. The van der Waals surface area contributed by atoms with Crippen LogP contribution < -0.4 is 0 Å². The lowest BCUT2D eigenvalue weighted by Gasteiger charge is -2.27. The maximum absolute atomic E-state index is 13.1. The molecule has 1 aromatic rings. The first-order valence-electron chi connectivity index (χ1n) is 9.59. The average molecular weight is 327 g/mol. The van der Waals surface area contributed by atoms with Gasteiger partial charge in [-0.1, -0.05) is 56.9 Å². The molecule has 0 amide bonds. The summed E-state index contributed by atoms with van der Waals surface area (Å²) in [5.41, 5.74) is 2.87. The molecule has 0 aliphatic heterocycles. The number of nitrogens with zero attached hydrogens (tertiary/aromatic N) is 1. The fourth-order valence-corrected chi connectivity index (χ4v) is 3.75. The molecule has 0 radical (unpaired) electrons. The topological polar surface area (TPSA) is 23.8 Å². The molecule has 24 heavy (non-hydrogen) atoms. The maximum Gasteiger partial charge on any atom is 0.196 e. The molecule has 0 atom stereocenters. The largest absolute Gasteiger partial charge is 0.196 e. The fourth-order valence-electron chi connectivity index (χ4n) is 3.75. The summed E-state index contributed by atoms with van der Waals surface area (Å²) in [6, 6.07) is 10.7. The summed E-state index contributed by atoms with van der Waals surface area (Å²) >= 11 is 0. The second-order valence-corrected chi connectivity index (χ2v) is 7.14. The summed E-state index contributed by atoms with van der Waals surface area (Å²) in [6.07, 6.45) is 13.5. The highest BCUT2D eigenvalue weighted by molar-refractivity contribution is 5.26. The maximum atomic E-state index is 13.1. The van der Waals surface area contributed by atoms with E-state index in [-0.39, 0.29) is 5.92 Å². The second kappa shape index (κ2) is 10.3. The van der Waals surface area contributed by atoms with Gasteiger partial charge in [0.25, 0.3) is 0 Å². The highest BCUT2D eigenvalue weighted by Crippen LogP contribution is 2.36. The van der Waals surface area contributed by atoms with Crippen molar-refractivity contribution in [2.75, 3.05) is 0 Å². The van der Waals surface area contributed by atoms with Crippen LogP contribution >= 0.6 is 0 Å². The molecular formula is C22H30FN. The SMILES string of the molecule is CCCCCCCc1ccc(C2CCC(/C=C(/F)C#N)CC2)cc1. The van der Waals surface area contributed by atoms with Gasteiger partial charge < -0.3 is 0 Å². The third-order valence-electron chi connectivity index (χ3n) is 5.28. The fraction of sp³-hybridized carbons (Fsp3) is 0.591. The van der Waals surface area contributed by atoms with Crippen molar-refractivity contribution in [3.63, 3.8) is 0 Å². The average Bonchev–Trinajstić information content (AvgIpc) is 2.63. The lowest BCUT2D eigenvalue weighted by molar-refractivity contribution is 0.372. The van der Waals surface area contributed by atoms with Gasteiger partial charge in [0.15, 0.2) is 5.83 Å². The van der Waals surface area contributed by atoms with Gasteiger partial charge in [-0.15, -0.1) is 0 Å². The Morgan fingerprint density at radius 2 is 1.75 bits per heavy atom. The Morgan fingerprint density at radius 3 is 2.38 bits per heavy atom. The molecule has 1 nitrogen and oxygen atoms in total. The Balaban J connectivity index is 1.77. The summed E-state index contributed by atoms with van der Waals surface area (Å²) in [4.78, 5) is 0. The molecule has 2 heteroatoms. The van der Waals surface area contributed by atoms with E-state index in [4.69, 9.17) is 5.26 Å². The summed E-state index contributed by atoms with van der Waals surface area (Å²) in [7, 11) is 0. The minimum Gasteiger partial charge on any atom is -0.195 e. The number of halogens is 1. The van der Waals surface area contributed by atoms with Crippen molar-refractivity contribution in [2.24, 2.45) is 5.92 Å². The van der Waals surface area contributed by atoms with Crippen LogP contribution in [0.3, 0.4) is 0 Å². The van der Waals surface area contributed by atoms with Crippen LogP contribution in [0.15, 0.2) is 36.2 Å². The molecule has 0 spiro atoms. The monoisotopic (exact) mass is 327 g/mol. The van der Waals surface area contributed by atoms with Crippen molar-refractivity contribution in [1.82, 2.24) is 0 Å². The number of hydrogen-bond acceptors (Lipinski definition) is 1. The molecule has 0 heterocycles. The van der Waals surface area contributed by atoms with Crippen LogP contribution in [0.5, 0.6) is 0 Å². The quantitative estimate of drug-likeness (QED) is 0.378. The van der Waals surface area contributed by atoms with Crippen molar-refractivity contribution in [3.8, 4) is 6.07 Å². The minimum atomic E-state index is -0.623. The Morgan fingerprint density at radius 1 is 1.08 bits per heavy atom. The first kappa shape index (κ1) is 18.7. The van der Waals surface area contributed by atoms with Gasteiger partial charge in [0.05, 0.1) is 0 Å². The van der Waals surface area contributed by atoms with Gasteiger partial charge in [-0.05, 0) is 67.6 Å². The van der Waals surface area contributed by atoms with E-state index in [9.17, 15) is 4.39 Å². The molecule has 0 saturated heterocycles. The third kappa shape index (κ3) is 6.11. The molecule has 0 bridgehead atoms. The predicted octanol–water partition coefficient (Wildman–Crippen LogP) is 6.85. The van der Waals surface area contributed by atoms with E-state index in [1.165, 1.54) is 55.7 Å².